The molecule has 0 aliphatic carbocycles. The lowest BCUT2D eigenvalue weighted by Crippen LogP contribution is -2.68. The molecule has 1 aliphatic heterocycles. The molecule has 0 saturated carbocycles. The van der Waals surface area contributed by atoms with Crippen molar-refractivity contribution in [2.75, 3.05) is 33.4 Å². The van der Waals surface area contributed by atoms with Crippen LogP contribution in [0.4, 0.5) is 0 Å². The Morgan fingerprint density at radius 1 is 1.14 bits per heavy atom. The zero-order valence-corrected chi connectivity index (χ0v) is 16.8. The first-order chi connectivity index (χ1) is 14.1. The van der Waals surface area contributed by atoms with Crippen LogP contribution in [0.25, 0.3) is 0 Å². The maximum Gasteiger partial charge on any atom is 0.254 e. The highest BCUT2D eigenvalue weighted by Crippen LogP contribution is 2.41. The summed E-state index contributed by atoms with van der Waals surface area (Å²) in [6.07, 6.45) is 3.17. The Morgan fingerprint density at radius 3 is 2.41 bits per heavy atom. The van der Waals surface area contributed by atoms with Gasteiger partial charge in [0.15, 0.2) is 0 Å². The second kappa shape index (κ2) is 9.62. The average molecular weight is 397 g/mol. The van der Waals surface area contributed by atoms with Crippen molar-refractivity contribution in [2.24, 2.45) is 0 Å². The maximum atomic E-state index is 13.1. The van der Waals surface area contributed by atoms with Gasteiger partial charge < -0.3 is 19.6 Å². The smallest absolute Gasteiger partial charge is 0.254 e. The molecular weight excluding hydrogens is 370 g/mol. The molecule has 1 N–H and O–H groups in total. The van der Waals surface area contributed by atoms with Crippen LogP contribution in [0.15, 0.2) is 54.9 Å². The third kappa shape index (κ3) is 4.46. The number of hydrogen-bond acceptors (Lipinski definition) is 5. The molecule has 2 heterocycles. The molecule has 3 atom stereocenters. The predicted molar refractivity (Wildman–Crippen MR) is 108 cm³/mol. The van der Waals surface area contributed by atoms with Crippen LogP contribution in [-0.2, 0) is 9.53 Å². The van der Waals surface area contributed by atoms with E-state index in [0.717, 1.165) is 5.56 Å². The van der Waals surface area contributed by atoms with E-state index < -0.39 is 0 Å². The Labute approximate surface area is 170 Å². The molecule has 2 amide bonds. The molecule has 1 aliphatic rings. The summed E-state index contributed by atoms with van der Waals surface area (Å²) in [6.45, 7) is 2.54. The monoisotopic (exact) mass is 397 g/mol. The second-order valence-corrected chi connectivity index (χ2v) is 7.16. The van der Waals surface area contributed by atoms with Crippen molar-refractivity contribution in [1.29, 1.82) is 0 Å². The highest BCUT2D eigenvalue weighted by molar-refractivity contribution is 5.94. The normalized spacial score (nSPS) is 20.8. The Morgan fingerprint density at radius 2 is 1.83 bits per heavy atom. The second-order valence-electron chi connectivity index (χ2n) is 7.16. The molecule has 29 heavy (non-hydrogen) atoms. The third-order valence-corrected chi connectivity index (χ3v) is 5.47. The van der Waals surface area contributed by atoms with Gasteiger partial charge in [0.2, 0.25) is 5.91 Å². The molecule has 1 saturated heterocycles. The Bertz CT molecular complexity index is 815. The van der Waals surface area contributed by atoms with Gasteiger partial charge in [0.1, 0.15) is 0 Å². The predicted octanol–water partition coefficient (Wildman–Crippen LogP) is 1.55. The molecule has 1 aromatic heterocycles. The zero-order chi connectivity index (χ0) is 20.8. The Kier molecular flexibility index (Phi) is 6.95. The fraction of sp³-hybridized carbons (Fsp3) is 0.409. The van der Waals surface area contributed by atoms with Crippen LogP contribution >= 0.6 is 0 Å². The summed E-state index contributed by atoms with van der Waals surface area (Å²) >= 11 is 0. The first-order valence-electron chi connectivity index (χ1n) is 9.71. The molecular formula is C22H27N3O4. The number of aliphatic hydroxyl groups is 1. The van der Waals surface area contributed by atoms with E-state index in [1.165, 1.54) is 6.92 Å². The Balaban J connectivity index is 1.88. The molecule has 0 radical (unpaired) electrons. The van der Waals surface area contributed by atoms with Crippen molar-refractivity contribution < 1.29 is 19.4 Å². The topological polar surface area (TPSA) is 83.0 Å². The minimum absolute atomic E-state index is 0.0413. The highest BCUT2D eigenvalue weighted by Gasteiger charge is 2.50. The summed E-state index contributed by atoms with van der Waals surface area (Å²) < 4.78 is 5.19. The minimum atomic E-state index is -0.291. The lowest BCUT2D eigenvalue weighted by Gasteiger charge is -2.55. The Hall–Kier alpha value is -2.77. The van der Waals surface area contributed by atoms with E-state index in [9.17, 15) is 14.7 Å². The molecule has 7 heteroatoms. The zero-order valence-electron chi connectivity index (χ0n) is 16.8. The standard InChI is InChI=1S/C22H27N3O4/c1-16(27)25-19(21(20(25)15-26)17-6-4-3-5-7-17)14-24(12-13-29-2)22(28)18-8-10-23-11-9-18/h3-11,19-21,26H,12-15H2,1-2H3/t19-,20-,21-/m0/s1. The molecule has 1 fully saturated rings. The molecule has 3 rings (SSSR count). The van der Waals surface area contributed by atoms with Gasteiger partial charge in [-0.1, -0.05) is 30.3 Å². The largest absolute Gasteiger partial charge is 0.394 e. The highest BCUT2D eigenvalue weighted by atomic mass is 16.5. The third-order valence-electron chi connectivity index (χ3n) is 5.47. The number of rotatable bonds is 8. The molecule has 1 aromatic carbocycles. The van der Waals surface area contributed by atoms with Gasteiger partial charge in [0.25, 0.3) is 5.91 Å². The van der Waals surface area contributed by atoms with E-state index >= 15 is 0 Å². The van der Waals surface area contributed by atoms with Gasteiger partial charge in [-0.05, 0) is 17.7 Å². The molecule has 0 unspecified atom stereocenters. The quantitative estimate of drug-likeness (QED) is 0.731. The maximum absolute atomic E-state index is 13.1. The van der Waals surface area contributed by atoms with E-state index in [-0.39, 0.29) is 36.4 Å². The minimum Gasteiger partial charge on any atom is -0.394 e. The molecule has 154 valence electrons. The number of aromatic nitrogens is 1. The summed E-state index contributed by atoms with van der Waals surface area (Å²) in [5, 5.41) is 9.92. The van der Waals surface area contributed by atoms with Crippen LogP contribution < -0.4 is 0 Å². The molecule has 7 nitrogen and oxygen atoms in total. The molecule has 0 bridgehead atoms. The van der Waals surface area contributed by atoms with Crippen LogP contribution in [0.3, 0.4) is 0 Å². The number of nitrogens with zero attached hydrogens (tertiary/aromatic N) is 3. The van der Waals surface area contributed by atoms with Gasteiger partial charge in [-0.25, -0.2) is 0 Å². The van der Waals surface area contributed by atoms with Gasteiger partial charge in [-0.15, -0.1) is 0 Å². The fourth-order valence-electron chi connectivity index (χ4n) is 4.12. The number of carbonyl (C=O) groups is 2. The van der Waals surface area contributed by atoms with Gasteiger partial charge in [-0.2, -0.15) is 0 Å². The molecule has 2 aromatic rings. The van der Waals surface area contributed by atoms with Crippen molar-refractivity contribution in [3.8, 4) is 0 Å². The van der Waals surface area contributed by atoms with Crippen molar-refractivity contribution >= 4 is 11.8 Å². The van der Waals surface area contributed by atoms with Crippen molar-refractivity contribution in [2.45, 2.75) is 24.9 Å². The summed E-state index contributed by atoms with van der Waals surface area (Å²) in [6, 6.07) is 12.7. The van der Waals surface area contributed by atoms with E-state index in [1.807, 2.05) is 30.3 Å². The fourth-order valence-corrected chi connectivity index (χ4v) is 4.12. The van der Waals surface area contributed by atoms with Crippen LogP contribution in [0.5, 0.6) is 0 Å². The van der Waals surface area contributed by atoms with E-state index in [4.69, 9.17) is 4.74 Å². The SMILES string of the molecule is COCCN(C[C@H]1[C@H](c2ccccc2)[C@H](CO)N1C(C)=O)C(=O)c1ccncc1. The van der Waals surface area contributed by atoms with Crippen molar-refractivity contribution in [3.63, 3.8) is 0 Å². The van der Waals surface area contributed by atoms with E-state index in [1.54, 1.807) is 41.4 Å². The number of hydrogen-bond donors (Lipinski definition) is 1. The van der Waals surface area contributed by atoms with Crippen LogP contribution in [-0.4, -0.2) is 77.2 Å². The summed E-state index contributed by atoms with van der Waals surface area (Å²) in [5.74, 6) is -0.281. The number of amides is 2. The summed E-state index contributed by atoms with van der Waals surface area (Å²) in [5.41, 5.74) is 1.59. The first-order valence-corrected chi connectivity index (χ1v) is 9.71. The summed E-state index contributed by atoms with van der Waals surface area (Å²) in [7, 11) is 1.59. The van der Waals surface area contributed by atoms with Gasteiger partial charge in [0, 0.05) is 51.0 Å². The van der Waals surface area contributed by atoms with Gasteiger partial charge in [0.05, 0.1) is 25.3 Å². The number of carbonyl (C=O) groups excluding carboxylic acids is 2. The first kappa shape index (κ1) is 21.0. The van der Waals surface area contributed by atoms with E-state index in [2.05, 4.69) is 4.98 Å². The summed E-state index contributed by atoms with van der Waals surface area (Å²) in [4.78, 5) is 32.8. The van der Waals surface area contributed by atoms with Gasteiger partial charge in [-0.3, -0.25) is 14.6 Å². The van der Waals surface area contributed by atoms with Crippen molar-refractivity contribution in [1.82, 2.24) is 14.8 Å². The number of benzene rings is 1. The number of pyridine rings is 1. The lowest BCUT2D eigenvalue weighted by molar-refractivity contribution is -0.149. The average Bonchev–Trinajstić information content (AvgIpc) is 2.73. The van der Waals surface area contributed by atoms with Crippen molar-refractivity contribution in [3.05, 3.63) is 66.0 Å². The van der Waals surface area contributed by atoms with Crippen LogP contribution in [0.1, 0.15) is 28.8 Å². The van der Waals surface area contributed by atoms with Gasteiger partial charge >= 0.3 is 0 Å². The number of likely N-dealkylation sites (tertiary alicyclic amines) is 1. The molecule has 0 spiro atoms. The number of aliphatic hydroxyl groups excluding tert-OH is 1. The van der Waals surface area contributed by atoms with Crippen LogP contribution in [0.2, 0.25) is 0 Å². The number of methoxy groups -OCH3 is 1. The number of ether oxygens (including phenoxy) is 1. The lowest BCUT2D eigenvalue weighted by atomic mass is 9.74. The van der Waals surface area contributed by atoms with E-state index in [0.29, 0.717) is 25.3 Å². The van der Waals surface area contributed by atoms with Crippen LogP contribution in [0, 0.1) is 0 Å².